The first-order chi connectivity index (χ1) is 7.22. The van der Waals surface area contributed by atoms with Crippen molar-refractivity contribution in [2.45, 2.75) is 19.1 Å². The van der Waals surface area contributed by atoms with E-state index in [-0.39, 0.29) is 17.7 Å². The van der Waals surface area contributed by atoms with Gasteiger partial charge in [0.15, 0.2) is 11.9 Å². The third-order valence-corrected chi connectivity index (χ3v) is 2.69. The van der Waals surface area contributed by atoms with E-state index in [2.05, 4.69) is 5.32 Å². The number of ketones is 1. The monoisotopic (exact) mass is 225 g/mol. The van der Waals surface area contributed by atoms with Gasteiger partial charge in [-0.05, 0) is 19.1 Å². The van der Waals surface area contributed by atoms with Crippen molar-refractivity contribution in [1.82, 2.24) is 0 Å². The van der Waals surface area contributed by atoms with Crippen LogP contribution in [0.15, 0.2) is 24.3 Å². The van der Waals surface area contributed by atoms with Gasteiger partial charge in [-0.3, -0.25) is 4.79 Å². The molecular formula is C11H12ClNO2. The molecule has 15 heavy (non-hydrogen) atoms. The van der Waals surface area contributed by atoms with Gasteiger partial charge in [0.25, 0.3) is 0 Å². The molecule has 1 aromatic carbocycles. The summed E-state index contributed by atoms with van der Waals surface area (Å²) in [5.41, 5.74) is 0.920. The summed E-state index contributed by atoms with van der Waals surface area (Å²) in [5, 5.41) is 3.22. The van der Waals surface area contributed by atoms with Crippen molar-refractivity contribution in [3.05, 3.63) is 24.3 Å². The maximum atomic E-state index is 11.5. The molecule has 0 amide bonds. The summed E-state index contributed by atoms with van der Waals surface area (Å²) in [6, 6.07) is 7.51. The lowest BCUT2D eigenvalue weighted by Crippen LogP contribution is -2.45. The molecule has 0 fully saturated rings. The van der Waals surface area contributed by atoms with Gasteiger partial charge in [0, 0.05) is 0 Å². The molecule has 1 aromatic rings. The van der Waals surface area contributed by atoms with Gasteiger partial charge in [-0.2, -0.15) is 0 Å². The zero-order chi connectivity index (χ0) is 10.8. The maximum absolute atomic E-state index is 11.5. The number of hydrogen-bond donors (Lipinski definition) is 1. The van der Waals surface area contributed by atoms with Gasteiger partial charge in [0.2, 0.25) is 0 Å². The zero-order valence-corrected chi connectivity index (χ0v) is 9.12. The Morgan fingerprint density at radius 1 is 1.53 bits per heavy atom. The summed E-state index contributed by atoms with van der Waals surface area (Å²) in [6.07, 6.45) is -0.489. The van der Waals surface area contributed by atoms with Crippen molar-refractivity contribution in [2.24, 2.45) is 0 Å². The minimum atomic E-state index is -0.489. The van der Waals surface area contributed by atoms with Crippen molar-refractivity contribution in [3.63, 3.8) is 0 Å². The minimum absolute atomic E-state index is 0.0150. The number of fused-ring (bicyclic) bond motifs is 1. The molecule has 2 unspecified atom stereocenters. The molecule has 0 spiro atoms. The highest BCUT2D eigenvalue weighted by Gasteiger charge is 2.30. The molecule has 0 bridgehead atoms. The largest absolute Gasteiger partial charge is 0.478 e. The molecule has 0 aromatic heterocycles. The maximum Gasteiger partial charge on any atom is 0.190 e. The number of Topliss-reactive ketones (excluding diaryl/α,β-unsaturated/α-hetero) is 1. The van der Waals surface area contributed by atoms with Crippen LogP contribution in [-0.2, 0) is 4.79 Å². The predicted octanol–water partition coefficient (Wildman–Crippen LogP) is 2.06. The molecule has 0 radical (unpaired) electrons. The van der Waals surface area contributed by atoms with E-state index in [1.54, 1.807) is 0 Å². The van der Waals surface area contributed by atoms with Crippen LogP contribution in [-0.4, -0.2) is 23.8 Å². The second-order valence-corrected chi connectivity index (χ2v) is 3.83. The van der Waals surface area contributed by atoms with E-state index in [0.717, 1.165) is 5.69 Å². The SMILES string of the molecule is CC1Nc2ccccc2OC1C(=O)CCl. The number of hydrogen-bond acceptors (Lipinski definition) is 3. The number of para-hydroxylation sites is 2. The Kier molecular flexibility index (Phi) is 2.82. The number of rotatable bonds is 2. The number of ether oxygens (including phenoxy) is 1. The van der Waals surface area contributed by atoms with Crippen LogP contribution in [0.1, 0.15) is 6.92 Å². The number of halogens is 1. The summed E-state index contributed by atoms with van der Waals surface area (Å²) in [4.78, 5) is 11.5. The van der Waals surface area contributed by atoms with Gasteiger partial charge in [-0.25, -0.2) is 0 Å². The van der Waals surface area contributed by atoms with E-state index in [1.807, 2.05) is 31.2 Å². The fourth-order valence-electron chi connectivity index (χ4n) is 1.67. The van der Waals surface area contributed by atoms with Crippen LogP contribution < -0.4 is 10.1 Å². The molecule has 0 aliphatic carbocycles. The highest BCUT2D eigenvalue weighted by atomic mass is 35.5. The molecule has 1 heterocycles. The van der Waals surface area contributed by atoms with Crippen LogP contribution in [0, 0.1) is 0 Å². The Balaban J connectivity index is 2.25. The number of benzene rings is 1. The third kappa shape index (κ3) is 1.92. The topological polar surface area (TPSA) is 38.3 Å². The van der Waals surface area contributed by atoms with Crippen LogP contribution in [0.5, 0.6) is 5.75 Å². The van der Waals surface area contributed by atoms with Crippen molar-refractivity contribution in [1.29, 1.82) is 0 Å². The average molecular weight is 226 g/mol. The molecule has 80 valence electrons. The summed E-state index contributed by atoms with van der Waals surface area (Å²) in [7, 11) is 0. The number of carbonyl (C=O) groups excluding carboxylic acids is 1. The summed E-state index contributed by atoms with van der Waals surface area (Å²) in [5.74, 6) is 0.601. The van der Waals surface area contributed by atoms with Gasteiger partial charge in [0.1, 0.15) is 5.75 Å². The Hall–Kier alpha value is -1.22. The van der Waals surface area contributed by atoms with Crippen LogP contribution in [0.3, 0.4) is 0 Å². The average Bonchev–Trinajstić information content (AvgIpc) is 2.27. The number of alkyl halides is 1. The van der Waals surface area contributed by atoms with Crippen molar-refractivity contribution >= 4 is 23.1 Å². The first kappa shape index (κ1) is 10.3. The fourth-order valence-corrected chi connectivity index (χ4v) is 1.82. The van der Waals surface area contributed by atoms with Gasteiger partial charge < -0.3 is 10.1 Å². The Morgan fingerprint density at radius 3 is 3.00 bits per heavy atom. The second-order valence-electron chi connectivity index (χ2n) is 3.57. The first-order valence-electron chi connectivity index (χ1n) is 4.83. The number of anilines is 1. The van der Waals surface area contributed by atoms with E-state index in [0.29, 0.717) is 5.75 Å². The predicted molar refractivity (Wildman–Crippen MR) is 59.7 cm³/mol. The molecule has 1 aliphatic rings. The van der Waals surface area contributed by atoms with Crippen LogP contribution in [0.4, 0.5) is 5.69 Å². The van der Waals surface area contributed by atoms with Gasteiger partial charge >= 0.3 is 0 Å². The molecule has 0 saturated heterocycles. The summed E-state index contributed by atoms with van der Waals surface area (Å²) < 4.78 is 5.60. The van der Waals surface area contributed by atoms with E-state index >= 15 is 0 Å². The minimum Gasteiger partial charge on any atom is -0.478 e. The van der Waals surface area contributed by atoms with Gasteiger partial charge in [0.05, 0.1) is 17.6 Å². The lowest BCUT2D eigenvalue weighted by molar-refractivity contribution is -0.123. The van der Waals surface area contributed by atoms with Crippen LogP contribution in [0.25, 0.3) is 0 Å². The highest BCUT2D eigenvalue weighted by molar-refractivity contribution is 6.28. The smallest absolute Gasteiger partial charge is 0.190 e. The Bertz CT molecular complexity index is 381. The molecule has 3 nitrogen and oxygen atoms in total. The molecule has 1 N–H and O–H groups in total. The molecule has 2 rings (SSSR count). The quantitative estimate of drug-likeness (QED) is 0.783. The fraction of sp³-hybridized carbons (Fsp3) is 0.364. The Morgan fingerprint density at radius 2 is 2.27 bits per heavy atom. The standard InChI is InChI=1S/C11H12ClNO2/c1-7-11(9(14)6-12)15-10-5-3-2-4-8(10)13-7/h2-5,7,11,13H,6H2,1H3. The van der Waals surface area contributed by atoms with Crippen LogP contribution >= 0.6 is 11.6 Å². The lowest BCUT2D eigenvalue weighted by atomic mass is 10.1. The van der Waals surface area contributed by atoms with Crippen molar-refractivity contribution in [3.8, 4) is 5.75 Å². The van der Waals surface area contributed by atoms with Crippen LogP contribution in [0.2, 0.25) is 0 Å². The Labute approximate surface area is 93.4 Å². The zero-order valence-electron chi connectivity index (χ0n) is 8.37. The number of carbonyl (C=O) groups is 1. The van der Waals surface area contributed by atoms with Crippen molar-refractivity contribution < 1.29 is 9.53 Å². The molecule has 1 aliphatic heterocycles. The molecular weight excluding hydrogens is 214 g/mol. The van der Waals surface area contributed by atoms with E-state index in [1.165, 1.54) is 0 Å². The molecule has 4 heteroatoms. The summed E-state index contributed by atoms with van der Waals surface area (Å²) in [6.45, 7) is 1.91. The number of nitrogens with one attached hydrogen (secondary N) is 1. The summed E-state index contributed by atoms with van der Waals surface area (Å²) >= 11 is 5.52. The van der Waals surface area contributed by atoms with E-state index in [4.69, 9.17) is 16.3 Å². The highest BCUT2D eigenvalue weighted by Crippen LogP contribution is 2.30. The van der Waals surface area contributed by atoms with Gasteiger partial charge in [-0.15, -0.1) is 11.6 Å². The van der Waals surface area contributed by atoms with Gasteiger partial charge in [-0.1, -0.05) is 12.1 Å². The molecule has 2 atom stereocenters. The third-order valence-electron chi connectivity index (χ3n) is 2.43. The first-order valence-corrected chi connectivity index (χ1v) is 5.36. The molecule has 0 saturated carbocycles. The second kappa shape index (κ2) is 4.11. The van der Waals surface area contributed by atoms with E-state index < -0.39 is 6.10 Å². The lowest BCUT2D eigenvalue weighted by Gasteiger charge is -2.31. The van der Waals surface area contributed by atoms with E-state index in [9.17, 15) is 4.79 Å². The van der Waals surface area contributed by atoms with Crippen molar-refractivity contribution in [2.75, 3.05) is 11.2 Å². The normalized spacial score (nSPS) is 23.6.